The van der Waals surface area contributed by atoms with Crippen molar-refractivity contribution in [1.82, 2.24) is 4.98 Å². The van der Waals surface area contributed by atoms with Crippen molar-refractivity contribution in [3.63, 3.8) is 0 Å². The lowest BCUT2D eigenvalue weighted by molar-refractivity contribution is -0.512. The molecule has 0 bridgehead atoms. The van der Waals surface area contributed by atoms with Gasteiger partial charge in [0.1, 0.15) is 12.4 Å². The number of thiazole rings is 1. The van der Waals surface area contributed by atoms with Gasteiger partial charge in [0.15, 0.2) is 0 Å². The molecule has 0 saturated heterocycles. The summed E-state index contributed by atoms with van der Waals surface area (Å²) < 4.78 is 1.67. The molecule has 0 saturated carbocycles. The summed E-state index contributed by atoms with van der Waals surface area (Å²) in [6.07, 6.45) is 3.44. The topological polar surface area (TPSA) is 60.1 Å². The van der Waals surface area contributed by atoms with Gasteiger partial charge in [-0.25, -0.2) is 0 Å². The van der Waals surface area contributed by atoms with Gasteiger partial charge in [-0.3, -0.25) is 4.79 Å². The molecule has 0 radical (unpaired) electrons. The zero-order chi connectivity index (χ0) is 8.55. The zero-order valence-corrected chi connectivity index (χ0v) is 6.91. The van der Waals surface area contributed by atoms with E-state index < -0.39 is 5.91 Å². The molecule has 1 amide bonds. The number of aromatic nitrogens is 2. The predicted octanol–water partition coefficient (Wildman–Crippen LogP) is -0.0193. The van der Waals surface area contributed by atoms with Crippen LogP contribution >= 0.6 is 11.3 Å². The normalized spacial score (nSPS) is 10.3. The number of amides is 1. The Balaban J connectivity index is 2.79. The van der Waals surface area contributed by atoms with Crippen molar-refractivity contribution in [3.05, 3.63) is 29.5 Å². The van der Waals surface area contributed by atoms with Crippen LogP contribution in [0, 0.1) is 0 Å². The van der Waals surface area contributed by atoms with E-state index in [4.69, 9.17) is 5.73 Å². The smallest absolute Gasteiger partial charge is 0.362 e. The van der Waals surface area contributed by atoms with Gasteiger partial charge in [0.05, 0.1) is 5.38 Å². The van der Waals surface area contributed by atoms with Gasteiger partial charge in [0.25, 0.3) is 5.91 Å². The number of carbonyl (C=O) groups excluding carboxylic acids is 1. The van der Waals surface area contributed by atoms with Crippen LogP contribution in [-0.4, -0.2) is 10.9 Å². The van der Waals surface area contributed by atoms with Gasteiger partial charge in [-0.15, -0.1) is 0 Å². The highest BCUT2D eigenvalue weighted by Gasteiger charge is 2.14. The average Bonchev–Trinajstić information content (AvgIpc) is 2.47. The number of fused-ring (bicyclic) bond motifs is 1. The van der Waals surface area contributed by atoms with Crippen LogP contribution < -0.4 is 10.1 Å². The van der Waals surface area contributed by atoms with Crippen molar-refractivity contribution in [1.29, 1.82) is 0 Å². The maximum absolute atomic E-state index is 10.9. The quantitative estimate of drug-likeness (QED) is 0.627. The molecule has 0 aromatic carbocycles. The molecule has 0 atom stereocenters. The third-order valence-electron chi connectivity index (χ3n) is 1.50. The van der Waals surface area contributed by atoms with Crippen LogP contribution in [0.4, 0.5) is 0 Å². The van der Waals surface area contributed by atoms with E-state index in [1.807, 2.05) is 0 Å². The Labute approximate surface area is 72.3 Å². The molecule has 0 spiro atoms. The van der Waals surface area contributed by atoms with Gasteiger partial charge in [-0.1, -0.05) is 0 Å². The first kappa shape index (κ1) is 7.17. The number of carbonyl (C=O) groups is 1. The zero-order valence-electron chi connectivity index (χ0n) is 6.10. The monoisotopic (exact) mass is 180 g/mol. The number of nitrogens with zero attached hydrogens (tertiary/aromatic N) is 2. The second-order valence-corrected chi connectivity index (χ2v) is 3.09. The predicted molar refractivity (Wildman–Crippen MR) is 43.8 cm³/mol. The highest BCUT2D eigenvalue weighted by molar-refractivity contribution is 7.14. The molecule has 12 heavy (non-hydrogen) atoms. The molecule has 5 heteroatoms. The maximum atomic E-state index is 10.9. The minimum atomic E-state index is -0.431. The SMILES string of the molecule is NC(=O)c1csc2nccc[n+]12. The van der Waals surface area contributed by atoms with Crippen molar-refractivity contribution in [3.8, 4) is 0 Å². The Morgan fingerprint density at radius 2 is 2.50 bits per heavy atom. The number of rotatable bonds is 1. The van der Waals surface area contributed by atoms with Crippen molar-refractivity contribution in [2.45, 2.75) is 0 Å². The fraction of sp³-hybridized carbons (Fsp3) is 0. The molecule has 4 nitrogen and oxygen atoms in total. The fourth-order valence-corrected chi connectivity index (χ4v) is 1.81. The summed E-state index contributed by atoms with van der Waals surface area (Å²) in [5.41, 5.74) is 5.62. The summed E-state index contributed by atoms with van der Waals surface area (Å²) >= 11 is 1.39. The molecule has 0 aliphatic rings. The van der Waals surface area contributed by atoms with E-state index in [0.717, 1.165) is 4.96 Å². The van der Waals surface area contributed by atoms with Gasteiger partial charge in [0.2, 0.25) is 5.69 Å². The van der Waals surface area contributed by atoms with E-state index in [2.05, 4.69) is 4.98 Å². The number of nitrogens with two attached hydrogens (primary N) is 1. The number of hydrogen-bond acceptors (Lipinski definition) is 3. The van der Waals surface area contributed by atoms with E-state index >= 15 is 0 Å². The van der Waals surface area contributed by atoms with Crippen LogP contribution in [-0.2, 0) is 0 Å². The van der Waals surface area contributed by atoms with Crippen LogP contribution in [0.25, 0.3) is 4.96 Å². The van der Waals surface area contributed by atoms with E-state index in [9.17, 15) is 4.79 Å². The molecule has 2 heterocycles. The number of primary amides is 1. The maximum Gasteiger partial charge on any atom is 0.387 e. The largest absolute Gasteiger partial charge is 0.387 e. The van der Waals surface area contributed by atoms with Gasteiger partial charge >= 0.3 is 4.96 Å². The lowest BCUT2D eigenvalue weighted by Gasteiger charge is -1.85. The van der Waals surface area contributed by atoms with Gasteiger partial charge < -0.3 is 5.73 Å². The molecule has 2 rings (SSSR count). The third kappa shape index (κ3) is 0.947. The molecule has 2 aromatic rings. The van der Waals surface area contributed by atoms with Crippen LogP contribution in [0.2, 0.25) is 0 Å². The molecular weight excluding hydrogens is 174 g/mol. The minimum Gasteiger partial charge on any atom is -0.362 e. The molecule has 2 aromatic heterocycles. The van der Waals surface area contributed by atoms with Crippen LogP contribution in [0.15, 0.2) is 23.8 Å². The fourth-order valence-electron chi connectivity index (χ4n) is 0.970. The lowest BCUT2D eigenvalue weighted by Crippen LogP contribution is -2.30. The second-order valence-electron chi connectivity index (χ2n) is 2.26. The number of hydrogen-bond donors (Lipinski definition) is 1. The Morgan fingerprint density at radius 3 is 3.25 bits per heavy atom. The van der Waals surface area contributed by atoms with E-state index in [1.54, 1.807) is 28.2 Å². The highest BCUT2D eigenvalue weighted by Crippen LogP contribution is 2.04. The summed E-state index contributed by atoms with van der Waals surface area (Å²) in [6, 6.07) is 1.76. The first-order chi connectivity index (χ1) is 5.79. The van der Waals surface area contributed by atoms with E-state index in [-0.39, 0.29) is 0 Å². The molecule has 60 valence electrons. The van der Waals surface area contributed by atoms with Crippen molar-refractivity contribution in [2.24, 2.45) is 5.73 Å². The molecule has 0 fully saturated rings. The summed E-state index contributed by atoms with van der Waals surface area (Å²) in [4.78, 5) is 15.7. The molecule has 0 aliphatic heterocycles. The molecule has 2 N–H and O–H groups in total. The summed E-state index contributed by atoms with van der Waals surface area (Å²) in [5.74, 6) is -0.431. The van der Waals surface area contributed by atoms with Gasteiger partial charge in [0, 0.05) is 6.07 Å². The Morgan fingerprint density at radius 1 is 1.67 bits per heavy atom. The van der Waals surface area contributed by atoms with Crippen LogP contribution in [0.1, 0.15) is 10.5 Å². The second kappa shape index (κ2) is 2.53. The summed E-state index contributed by atoms with van der Waals surface area (Å²) in [5, 5.41) is 1.70. The highest BCUT2D eigenvalue weighted by atomic mass is 32.1. The average molecular weight is 180 g/mol. The van der Waals surface area contributed by atoms with E-state index in [1.165, 1.54) is 11.3 Å². The van der Waals surface area contributed by atoms with Gasteiger partial charge in [-0.2, -0.15) is 4.40 Å². The first-order valence-electron chi connectivity index (χ1n) is 3.33. The third-order valence-corrected chi connectivity index (χ3v) is 2.35. The van der Waals surface area contributed by atoms with E-state index in [0.29, 0.717) is 5.69 Å². The Bertz CT molecular complexity index is 437. The molecule has 0 aliphatic carbocycles. The lowest BCUT2D eigenvalue weighted by atomic mass is 10.4. The van der Waals surface area contributed by atoms with Crippen LogP contribution in [0.3, 0.4) is 0 Å². The minimum absolute atomic E-state index is 0.431. The first-order valence-corrected chi connectivity index (χ1v) is 4.20. The Kier molecular flexibility index (Phi) is 1.51. The van der Waals surface area contributed by atoms with Gasteiger partial charge in [-0.05, 0) is 16.3 Å². The Hall–Kier alpha value is -1.49. The molecule has 0 unspecified atom stereocenters. The summed E-state index contributed by atoms with van der Waals surface area (Å²) in [7, 11) is 0. The standard InChI is InChI=1S/C7H5N3OS/c8-6(11)5-4-12-7-9-2-1-3-10(5)7/h1-4H,(H-,8,11)/p+1. The summed E-state index contributed by atoms with van der Waals surface area (Å²) in [6.45, 7) is 0. The van der Waals surface area contributed by atoms with Crippen LogP contribution in [0.5, 0.6) is 0 Å². The van der Waals surface area contributed by atoms with Crippen molar-refractivity contribution in [2.75, 3.05) is 0 Å². The molecular formula is C7H6N3OS+. The van der Waals surface area contributed by atoms with Crippen molar-refractivity contribution < 1.29 is 9.20 Å². The van der Waals surface area contributed by atoms with Crippen molar-refractivity contribution >= 4 is 22.2 Å².